The van der Waals surface area contributed by atoms with E-state index in [9.17, 15) is 22.8 Å². The first kappa shape index (κ1) is 16.3. The van der Waals surface area contributed by atoms with Crippen LogP contribution in [0.4, 0.5) is 13.2 Å². The predicted octanol–water partition coefficient (Wildman–Crippen LogP) is 2.22. The van der Waals surface area contributed by atoms with Crippen LogP contribution >= 0.6 is 0 Å². The number of alkyl halides is 3. The number of benzene rings is 1. The second-order valence-corrected chi connectivity index (χ2v) is 5.25. The summed E-state index contributed by atoms with van der Waals surface area (Å²) in [5.41, 5.74) is 0.436. The van der Waals surface area contributed by atoms with Crippen molar-refractivity contribution in [3.63, 3.8) is 0 Å². The third-order valence-corrected chi connectivity index (χ3v) is 3.75. The lowest BCUT2D eigenvalue weighted by Gasteiger charge is -2.32. The van der Waals surface area contributed by atoms with Gasteiger partial charge < -0.3 is 10.2 Å². The van der Waals surface area contributed by atoms with Crippen molar-refractivity contribution in [1.82, 2.24) is 10.2 Å². The zero-order valence-corrected chi connectivity index (χ0v) is 11.9. The molecule has 0 unspecified atom stereocenters. The Kier molecular flexibility index (Phi) is 5.05. The zero-order chi connectivity index (χ0) is 16.2. The number of carbonyl (C=O) groups excluding carboxylic acids is 2. The van der Waals surface area contributed by atoms with Gasteiger partial charge in [0.1, 0.15) is 0 Å². The number of halogens is 3. The van der Waals surface area contributed by atoms with E-state index in [1.54, 1.807) is 30.3 Å². The fourth-order valence-corrected chi connectivity index (χ4v) is 2.42. The van der Waals surface area contributed by atoms with Gasteiger partial charge in [0.15, 0.2) is 0 Å². The number of hydrogen-bond acceptors (Lipinski definition) is 2. The molecule has 1 aliphatic heterocycles. The van der Waals surface area contributed by atoms with Crippen LogP contribution in [-0.2, 0) is 4.79 Å². The second-order valence-electron chi connectivity index (χ2n) is 5.25. The highest BCUT2D eigenvalue weighted by atomic mass is 19.4. The van der Waals surface area contributed by atoms with Gasteiger partial charge in [0.25, 0.3) is 5.91 Å². The lowest BCUT2D eigenvalue weighted by molar-refractivity contribution is -0.186. The molecule has 0 aliphatic carbocycles. The number of likely N-dealkylation sites (tertiary alicyclic amines) is 1. The molecule has 2 amide bonds. The van der Waals surface area contributed by atoms with E-state index in [0.717, 1.165) is 0 Å². The zero-order valence-electron chi connectivity index (χ0n) is 11.9. The van der Waals surface area contributed by atoms with Gasteiger partial charge in [-0.3, -0.25) is 9.59 Å². The Balaban J connectivity index is 1.78. The second kappa shape index (κ2) is 6.81. The lowest BCUT2D eigenvalue weighted by Crippen LogP contribution is -2.46. The van der Waals surface area contributed by atoms with Crippen LogP contribution < -0.4 is 5.32 Å². The Morgan fingerprint density at radius 1 is 1.14 bits per heavy atom. The van der Waals surface area contributed by atoms with Crippen LogP contribution in [0.1, 0.15) is 23.2 Å². The van der Waals surface area contributed by atoms with Crippen LogP contribution in [0, 0.1) is 5.92 Å². The maximum absolute atomic E-state index is 12.6. The number of nitrogens with zero attached hydrogens (tertiary/aromatic N) is 1. The van der Waals surface area contributed by atoms with E-state index in [2.05, 4.69) is 5.32 Å². The standard InChI is InChI=1S/C15H17F3N2O2/c16-15(17,18)12-6-8-20(9-7-12)13(21)10-19-14(22)11-4-2-1-3-5-11/h1-5,12H,6-10H2,(H,19,22). The number of hydrogen-bond donors (Lipinski definition) is 1. The Morgan fingerprint density at radius 3 is 2.27 bits per heavy atom. The minimum Gasteiger partial charge on any atom is -0.343 e. The fraction of sp³-hybridized carbons (Fsp3) is 0.467. The van der Waals surface area contributed by atoms with Crippen LogP contribution in [0.5, 0.6) is 0 Å². The summed E-state index contributed by atoms with van der Waals surface area (Å²) in [6.45, 7) is -0.0567. The van der Waals surface area contributed by atoms with Crippen molar-refractivity contribution in [2.45, 2.75) is 19.0 Å². The molecule has 0 bridgehead atoms. The van der Waals surface area contributed by atoms with Gasteiger partial charge in [0.05, 0.1) is 12.5 Å². The average Bonchev–Trinajstić information content (AvgIpc) is 2.52. The first-order chi connectivity index (χ1) is 10.4. The van der Waals surface area contributed by atoms with Crippen molar-refractivity contribution >= 4 is 11.8 Å². The minimum atomic E-state index is -4.20. The van der Waals surface area contributed by atoms with Crippen LogP contribution in [0.3, 0.4) is 0 Å². The molecule has 1 saturated heterocycles. The molecule has 0 saturated carbocycles. The quantitative estimate of drug-likeness (QED) is 0.930. The molecule has 1 aliphatic rings. The van der Waals surface area contributed by atoms with Crippen LogP contribution in [0.25, 0.3) is 0 Å². The fourth-order valence-electron chi connectivity index (χ4n) is 2.42. The number of rotatable bonds is 3. The Hall–Kier alpha value is -2.05. The number of amides is 2. The summed E-state index contributed by atoms with van der Waals surface area (Å²) in [5, 5.41) is 2.49. The summed E-state index contributed by atoms with van der Waals surface area (Å²) in [4.78, 5) is 25.1. The molecule has 0 spiro atoms. The van der Waals surface area contributed by atoms with Crippen molar-refractivity contribution in [3.05, 3.63) is 35.9 Å². The Morgan fingerprint density at radius 2 is 1.73 bits per heavy atom. The van der Waals surface area contributed by atoms with Crippen molar-refractivity contribution in [2.24, 2.45) is 5.92 Å². The van der Waals surface area contributed by atoms with E-state index in [-0.39, 0.29) is 44.3 Å². The molecule has 120 valence electrons. The summed E-state index contributed by atoms with van der Waals surface area (Å²) in [6.07, 6.45) is -4.36. The highest BCUT2D eigenvalue weighted by Gasteiger charge is 2.41. The molecule has 1 aromatic rings. The minimum absolute atomic E-state index is 0.0736. The summed E-state index contributed by atoms with van der Waals surface area (Å²) in [7, 11) is 0. The monoisotopic (exact) mass is 314 g/mol. The highest BCUT2D eigenvalue weighted by molar-refractivity contribution is 5.96. The molecule has 1 heterocycles. The van der Waals surface area contributed by atoms with Crippen molar-refractivity contribution in [3.8, 4) is 0 Å². The number of piperidine rings is 1. The Bertz CT molecular complexity index is 523. The van der Waals surface area contributed by atoms with Crippen LogP contribution in [0.15, 0.2) is 30.3 Å². The van der Waals surface area contributed by atoms with Gasteiger partial charge in [0, 0.05) is 18.7 Å². The van der Waals surface area contributed by atoms with Crippen molar-refractivity contribution < 1.29 is 22.8 Å². The van der Waals surface area contributed by atoms with E-state index in [0.29, 0.717) is 5.56 Å². The van der Waals surface area contributed by atoms with Gasteiger partial charge in [-0.25, -0.2) is 0 Å². The van der Waals surface area contributed by atoms with E-state index in [1.165, 1.54) is 4.90 Å². The lowest BCUT2D eigenvalue weighted by atomic mass is 9.96. The summed E-state index contributed by atoms with van der Waals surface area (Å²) in [6, 6.07) is 8.42. The third kappa shape index (κ3) is 4.22. The van der Waals surface area contributed by atoms with Gasteiger partial charge in [-0.1, -0.05) is 18.2 Å². The van der Waals surface area contributed by atoms with Crippen molar-refractivity contribution in [2.75, 3.05) is 19.6 Å². The maximum Gasteiger partial charge on any atom is 0.391 e. The molecule has 7 heteroatoms. The number of nitrogens with one attached hydrogen (secondary N) is 1. The molecule has 1 N–H and O–H groups in total. The third-order valence-electron chi connectivity index (χ3n) is 3.75. The Labute approximate surface area is 126 Å². The molecule has 4 nitrogen and oxygen atoms in total. The van der Waals surface area contributed by atoms with Gasteiger partial charge >= 0.3 is 6.18 Å². The predicted molar refractivity (Wildman–Crippen MR) is 74.1 cm³/mol. The van der Waals surface area contributed by atoms with E-state index >= 15 is 0 Å². The molecule has 0 atom stereocenters. The molecular formula is C15H17F3N2O2. The smallest absolute Gasteiger partial charge is 0.343 e. The summed E-state index contributed by atoms with van der Waals surface area (Å²) in [5.74, 6) is -2.07. The van der Waals surface area contributed by atoms with Gasteiger partial charge in [-0.2, -0.15) is 13.2 Å². The van der Waals surface area contributed by atoms with Crippen LogP contribution in [-0.4, -0.2) is 42.5 Å². The van der Waals surface area contributed by atoms with Crippen molar-refractivity contribution in [1.29, 1.82) is 0 Å². The molecule has 1 fully saturated rings. The van der Waals surface area contributed by atoms with E-state index in [1.807, 2.05) is 0 Å². The normalized spacial score (nSPS) is 16.4. The largest absolute Gasteiger partial charge is 0.391 e. The molecule has 0 aromatic heterocycles. The van der Waals surface area contributed by atoms with Gasteiger partial charge in [-0.05, 0) is 25.0 Å². The average molecular weight is 314 g/mol. The van der Waals surface area contributed by atoms with Gasteiger partial charge in [-0.15, -0.1) is 0 Å². The first-order valence-electron chi connectivity index (χ1n) is 7.05. The molecule has 1 aromatic carbocycles. The molecule has 22 heavy (non-hydrogen) atoms. The first-order valence-corrected chi connectivity index (χ1v) is 7.05. The maximum atomic E-state index is 12.6. The molecule has 0 radical (unpaired) electrons. The highest BCUT2D eigenvalue weighted by Crippen LogP contribution is 2.33. The summed E-state index contributed by atoms with van der Waals surface area (Å²) < 4.78 is 37.7. The van der Waals surface area contributed by atoms with Gasteiger partial charge in [0.2, 0.25) is 5.91 Å². The summed E-state index contributed by atoms with van der Waals surface area (Å²) >= 11 is 0. The number of carbonyl (C=O) groups is 2. The SMILES string of the molecule is O=C(NCC(=O)N1CCC(C(F)(F)F)CC1)c1ccccc1. The molecule has 2 rings (SSSR count). The van der Waals surface area contributed by atoms with E-state index in [4.69, 9.17) is 0 Å². The topological polar surface area (TPSA) is 49.4 Å². The van der Waals surface area contributed by atoms with Crippen LogP contribution in [0.2, 0.25) is 0 Å². The molecular weight excluding hydrogens is 297 g/mol. The van der Waals surface area contributed by atoms with E-state index < -0.39 is 12.1 Å².